The second kappa shape index (κ2) is 5.33. The van der Waals surface area contributed by atoms with Crippen LogP contribution in [0.4, 0.5) is 0 Å². The summed E-state index contributed by atoms with van der Waals surface area (Å²) in [6, 6.07) is 6.52. The molecule has 1 aromatic rings. The molecule has 0 fully saturated rings. The quantitative estimate of drug-likeness (QED) is 0.691. The molecule has 0 spiro atoms. The third-order valence-corrected chi connectivity index (χ3v) is 2.51. The highest BCUT2D eigenvalue weighted by Crippen LogP contribution is 2.17. The molecule has 0 atom stereocenters. The van der Waals surface area contributed by atoms with Gasteiger partial charge in [-0.25, -0.2) is 0 Å². The van der Waals surface area contributed by atoms with Crippen molar-refractivity contribution in [2.75, 3.05) is 0 Å². The third kappa shape index (κ3) is 3.07. The van der Waals surface area contributed by atoms with Crippen molar-refractivity contribution in [1.29, 1.82) is 0 Å². The zero-order valence-corrected chi connectivity index (χ0v) is 9.40. The fourth-order valence-corrected chi connectivity index (χ4v) is 1.86. The lowest BCUT2D eigenvalue weighted by Gasteiger charge is -2.08. The smallest absolute Gasteiger partial charge is 0.00429 e. The first-order chi connectivity index (χ1) is 6.27. The minimum atomic E-state index is 1.09. The molecule has 0 saturated carbocycles. The molecule has 0 aliphatic carbocycles. The normalized spacial score (nSPS) is 10.4. The number of hydrogen-bond donors (Lipinski definition) is 1. The largest absolute Gasteiger partial charge is 0.143 e. The van der Waals surface area contributed by atoms with E-state index in [-0.39, 0.29) is 0 Å². The maximum absolute atomic E-state index is 4.36. The van der Waals surface area contributed by atoms with Gasteiger partial charge in [0.05, 0.1) is 0 Å². The fraction of sp³-hybridized carbons (Fsp3) is 0.500. The first kappa shape index (κ1) is 10.6. The Bertz CT molecular complexity index is 266. The summed E-state index contributed by atoms with van der Waals surface area (Å²) in [5.74, 6) is 0. The van der Waals surface area contributed by atoms with Gasteiger partial charge in [-0.05, 0) is 36.1 Å². The molecule has 1 heteroatoms. The highest BCUT2D eigenvalue weighted by atomic mass is 32.1. The van der Waals surface area contributed by atoms with Crippen LogP contribution in [0.5, 0.6) is 0 Å². The van der Waals surface area contributed by atoms with Gasteiger partial charge in [-0.15, -0.1) is 12.6 Å². The van der Waals surface area contributed by atoms with Gasteiger partial charge in [0.15, 0.2) is 0 Å². The molecular formula is C12H18S. The van der Waals surface area contributed by atoms with Crippen LogP contribution in [-0.2, 0) is 12.8 Å². The summed E-state index contributed by atoms with van der Waals surface area (Å²) in [5.41, 5.74) is 2.99. The van der Waals surface area contributed by atoms with Crippen molar-refractivity contribution in [1.82, 2.24) is 0 Å². The van der Waals surface area contributed by atoms with E-state index in [1.54, 1.807) is 0 Å². The topological polar surface area (TPSA) is 0 Å². The molecular weight excluding hydrogens is 176 g/mol. The zero-order valence-electron chi connectivity index (χ0n) is 8.51. The Hall–Kier alpha value is -0.430. The van der Waals surface area contributed by atoms with Gasteiger partial charge >= 0.3 is 0 Å². The number of benzene rings is 1. The number of hydrogen-bond acceptors (Lipinski definition) is 1. The van der Waals surface area contributed by atoms with Crippen LogP contribution in [0.2, 0.25) is 0 Å². The van der Waals surface area contributed by atoms with Crippen LogP contribution >= 0.6 is 12.6 Å². The maximum Gasteiger partial charge on any atom is 0.00429 e. The monoisotopic (exact) mass is 194 g/mol. The molecule has 0 radical (unpaired) electrons. The molecule has 0 N–H and O–H groups in total. The van der Waals surface area contributed by atoms with Gasteiger partial charge in [0.25, 0.3) is 0 Å². The molecule has 0 saturated heterocycles. The van der Waals surface area contributed by atoms with Crippen molar-refractivity contribution < 1.29 is 0 Å². The minimum absolute atomic E-state index is 1.09. The summed E-state index contributed by atoms with van der Waals surface area (Å²) in [6.45, 7) is 4.45. The Morgan fingerprint density at radius 3 is 2.23 bits per heavy atom. The third-order valence-electron chi connectivity index (χ3n) is 2.23. The number of aryl methyl sites for hydroxylation is 2. The van der Waals surface area contributed by atoms with E-state index >= 15 is 0 Å². The van der Waals surface area contributed by atoms with Gasteiger partial charge in [0, 0.05) is 4.90 Å². The number of thiol groups is 1. The predicted molar refractivity (Wildman–Crippen MR) is 61.7 cm³/mol. The van der Waals surface area contributed by atoms with Crippen molar-refractivity contribution in [3.63, 3.8) is 0 Å². The molecule has 1 aromatic carbocycles. The second-order valence-corrected chi connectivity index (χ2v) is 3.97. The van der Waals surface area contributed by atoms with Crippen LogP contribution in [0.3, 0.4) is 0 Å². The lowest BCUT2D eigenvalue weighted by molar-refractivity contribution is 0.857. The zero-order chi connectivity index (χ0) is 9.68. The standard InChI is InChI=1S/C12H18S/c1-3-5-10-7-8-12(13)9-11(10)6-4-2/h7-9,13H,3-6H2,1-2H3. The molecule has 0 bridgehead atoms. The van der Waals surface area contributed by atoms with Crippen molar-refractivity contribution >= 4 is 12.6 Å². The van der Waals surface area contributed by atoms with E-state index in [2.05, 4.69) is 44.7 Å². The Kier molecular flexibility index (Phi) is 4.37. The predicted octanol–water partition coefficient (Wildman–Crippen LogP) is 3.88. The van der Waals surface area contributed by atoms with Crippen LogP contribution in [0.1, 0.15) is 37.8 Å². The molecule has 0 aliphatic heterocycles. The average molecular weight is 194 g/mol. The van der Waals surface area contributed by atoms with Crippen molar-refractivity contribution in [2.24, 2.45) is 0 Å². The molecule has 0 aliphatic rings. The van der Waals surface area contributed by atoms with Gasteiger partial charge in [-0.3, -0.25) is 0 Å². The molecule has 0 heterocycles. The first-order valence-electron chi connectivity index (χ1n) is 5.08. The van der Waals surface area contributed by atoms with Crippen LogP contribution in [0, 0.1) is 0 Å². The fourth-order valence-electron chi connectivity index (χ4n) is 1.63. The Morgan fingerprint density at radius 1 is 1.00 bits per heavy atom. The van der Waals surface area contributed by atoms with Crippen LogP contribution in [0.25, 0.3) is 0 Å². The van der Waals surface area contributed by atoms with E-state index in [0.717, 1.165) is 4.90 Å². The van der Waals surface area contributed by atoms with Gasteiger partial charge < -0.3 is 0 Å². The SMILES string of the molecule is CCCc1ccc(S)cc1CCC. The van der Waals surface area contributed by atoms with E-state index in [1.165, 1.54) is 36.8 Å². The van der Waals surface area contributed by atoms with Crippen molar-refractivity contribution in [3.8, 4) is 0 Å². The second-order valence-electron chi connectivity index (χ2n) is 3.45. The van der Waals surface area contributed by atoms with E-state index in [0.29, 0.717) is 0 Å². The van der Waals surface area contributed by atoms with E-state index in [9.17, 15) is 0 Å². The summed E-state index contributed by atoms with van der Waals surface area (Å²) in [6.07, 6.45) is 4.82. The molecule has 1 rings (SSSR count). The molecule has 0 aromatic heterocycles. The Labute approximate surface area is 86.8 Å². The highest BCUT2D eigenvalue weighted by molar-refractivity contribution is 7.80. The molecule has 13 heavy (non-hydrogen) atoms. The van der Waals surface area contributed by atoms with Crippen molar-refractivity contribution in [3.05, 3.63) is 29.3 Å². The van der Waals surface area contributed by atoms with Gasteiger partial charge in [0.1, 0.15) is 0 Å². The van der Waals surface area contributed by atoms with Crippen molar-refractivity contribution in [2.45, 2.75) is 44.4 Å². The Balaban J connectivity index is 2.89. The highest BCUT2D eigenvalue weighted by Gasteiger charge is 2.00. The minimum Gasteiger partial charge on any atom is -0.143 e. The van der Waals surface area contributed by atoms with E-state index in [4.69, 9.17) is 0 Å². The van der Waals surface area contributed by atoms with E-state index in [1.807, 2.05) is 0 Å². The van der Waals surface area contributed by atoms with Crippen LogP contribution < -0.4 is 0 Å². The summed E-state index contributed by atoms with van der Waals surface area (Å²) >= 11 is 4.36. The first-order valence-corrected chi connectivity index (χ1v) is 5.53. The molecule has 0 amide bonds. The average Bonchev–Trinajstić information content (AvgIpc) is 2.10. The van der Waals surface area contributed by atoms with Gasteiger partial charge in [-0.1, -0.05) is 32.8 Å². The molecule has 0 nitrogen and oxygen atoms in total. The summed E-state index contributed by atoms with van der Waals surface area (Å²) in [5, 5.41) is 0. The maximum atomic E-state index is 4.36. The lowest BCUT2D eigenvalue weighted by Crippen LogP contribution is -1.93. The number of rotatable bonds is 4. The summed E-state index contributed by atoms with van der Waals surface area (Å²) < 4.78 is 0. The molecule has 0 unspecified atom stereocenters. The molecule has 72 valence electrons. The Morgan fingerprint density at radius 2 is 1.62 bits per heavy atom. The van der Waals surface area contributed by atoms with Gasteiger partial charge in [0.2, 0.25) is 0 Å². The van der Waals surface area contributed by atoms with E-state index < -0.39 is 0 Å². The van der Waals surface area contributed by atoms with Crippen LogP contribution in [-0.4, -0.2) is 0 Å². The van der Waals surface area contributed by atoms with Crippen LogP contribution in [0.15, 0.2) is 23.1 Å². The summed E-state index contributed by atoms with van der Waals surface area (Å²) in [4.78, 5) is 1.09. The lowest BCUT2D eigenvalue weighted by atomic mass is 10.00. The summed E-state index contributed by atoms with van der Waals surface area (Å²) in [7, 11) is 0. The van der Waals surface area contributed by atoms with Gasteiger partial charge in [-0.2, -0.15) is 0 Å².